The van der Waals surface area contributed by atoms with Gasteiger partial charge in [0.05, 0.1) is 0 Å². The second kappa shape index (κ2) is 8.54. The summed E-state index contributed by atoms with van der Waals surface area (Å²) in [6.07, 6.45) is 0.225. The van der Waals surface area contributed by atoms with Gasteiger partial charge >= 0.3 is 6.03 Å². The van der Waals surface area contributed by atoms with Crippen LogP contribution in [0.15, 0.2) is 24.3 Å². The molecule has 0 atom stereocenters. The fraction of sp³-hybridized carbons (Fsp3) is 0.438. The van der Waals surface area contributed by atoms with E-state index in [-0.39, 0.29) is 30.8 Å². The van der Waals surface area contributed by atoms with Gasteiger partial charge in [0.2, 0.25) is 11.8 Å². The minimum absolute atomic E-state index is 0.0266. The molecule has 8 heteroatoms. The number of carbonyl (C=O) groups is 3. The van der Waals surface area contributed by atoms with Gasteiger partial charge < -0.3 is 20.4 Å². The number of rotatable bonds is 4. The molecular weight excluding hydrogens is 332 g/mol. The topological polar surface area (TPSA) is 81.8 Å². The summed E-state index contributed by atoms with van der Waals surface area (Å²) in [6, 6.07) is 6.44. The van der Waals surface area contributed by atoms with Crippen LogP contribution in [0.1, 0.15) is 13.3 Å². The van der Waals surface area contributed by atoms with E-state index in [1.807, 2.05) is 0 Å². The molecule has 7 nitrogen and oxygen atoms in total. The molecule has 0 aromatic heterocycles. The Bertz CT molecular complexity index is 615. The highest BCUT2D eigenvalue weighted by atomic mass is 35.5. The molecule has 2 N–H and O–H groups in total. The predicted octanol–water partition coefficient (Wildman–Crippen LogP) is 1.54. The number of nitrogens with zero attached hydrogens (tertiary/aromatic N) is 2. The average Bonchev–Trinajstić information content (AvgIpc) is 2.54. The van der Waals surface area contributed by atoms with E-state index in [2.05, 4.69) is 10.6 Å². The number of hydrogen-bond acceptors (Lipinski definition) is 3. The molecule has 4 amide bonds. The van der Waals surface area contributed by atoms with E-state index in [9.17, 15) is 14.4 Å². The molecule has 1 saturated heterocycles. The zero-order valence-electron chi connectivity index (χ0n) is 13.5. The van der Waals surface area contributed by atoms with E-state index >= 15 is 0 Å². The predicted molar refractivity (Wildman–Crippen MR) is 91.9 cm³/mol. The summed E-state index contributed by atoms with van der Waals surface area (Å²) in [5, 5.41) is 5.83. The number of amides is 4. The van der Waals surface area contributed by atoms with Gasteiger partial charge in [-0.1, -0.05) is 17.7 Å². The van der Waals surface area contributed by atoms with Gasteiger partial charge in [-0.2, -0.15) is 0 Å². The maximum absolute atomic E-state index is 12.1. The second-order valence-corrected chi connectivity index (χ2v) is 5.96. The zero-order chi connectivity index (χ0) is 17.5. The summed E-state index contributed by atoms with van der Waals surface area (Å²) in [5.41, 5.74) is 0.590. The molecule has 0 bridgehead atoms. The number of hydrogen-bond donors (Lipinski definition) is 2. The van der Waals surface area contributed by atoms with Crippen molar-refractivity contribution >= 4 is 35.1 Å². The van der Waals surface area contributed by atoms with Crippen LogP contribution < -0.4 is 10.6 Å². The Morgan fingerprint density at radius 1 is 1.12 bits per heavy atom. The van der Waals surface area contributed by atoms with Crippen molar-refractivity contribution in [1.82, 2.24) is 15.1 Å². The lowest BCUT2D eigenvalue weighted by Crippen LogP contribution is -2.50. The first kappa shape index (κ1) is 18.1. The number of anilines is 1. The minimum Gasteiger partial charge on any atom is -0.339 e. The van der Waals surface area contributed by atoms with Crippen molar-refractivity contribution in [1.29, 1.82) is 0 Å². The van der Waals surface area contributed by atoms with Crippen molar-refractivity contribution in [3.63, 3.8) is 0 Å². The van der Waals surface area contributed by atoms with Gasteiger partial charge in [0.15, 0.2) is 0 Å². The molecule has 0 unspecified atom stereocenters. The maximum atomic E-state index is 12.1. The third-order valence-electron chi connectivity index (χ3n) is 3.78. The molecule has 0 aliphatic carbocycles. The van der Waals surface area contributed by atoms with Crippen molar-refractivity contribution in [3.05, 3.63) is 29.3 Å². The Morgan fingerprint density at radius 3 is 2.42 bits per heavy atom. The molecule has 0 saturated carbocycles. The number of piperazine rings is 1. The average molecular weight is 353 g/mol. The van der Waals surface area contributed by atoms with Crippen LogP contribution in [0.4, 0.5) is 10.5 Å². The summed E-state index contributed by atoms with van der Waals surface area (Å²) >= 11 is 5.84. The van der Waals surface area contributed by atoms with Crippen molar-refractivity contribution in [2.45, 2.75) is 13.3 Å². The second-order valence-electron chi connectivity index (χ2n) is 5.53. The van der Waals surface area contributed by atoms with E-state index in [4.69, 9.17) is 11.6 Å². The third kappa shape index (κ3) is 5.42. The zero-order valence-corrected chi connectivity index (χ0v) is 14.3. The molecule has 0 spiro atoms. The fourth-order valence-corrected chi connectivity index (χ4v) is 2.64. The van der Waals surface area contributed by atoms with E-state index in [1.54, 1.807) is 34.1 Å². The van der Waals surface area contributed by atoms with E-state index < -0.39 is 0 Å². The highest BCUT2D eigenvalue weighted by molar-refractivity contribution is 6.30. The molecule has 24 heavy (non-hydrogen) atoms. The van der Waals surface area contributed by atoms with Gasteiger partial charge in [-0.25, -0.2) is 4.79 Å². The summed E-state index contributed by atoms with van der Waals surface area (Å²) in [7, 11) is 0. The largest absolute Gasteiger partial charge is 0.339 e. The van der Waals surface area contributed by atoms with Gasteiger partial charge in [0, 0.05) is 56.8 Å². The highest BCUT2D eigenvalue weighted by Gasteiger charge is 2.21. The van der Waals surface area contributed by atoms with Crippen LogP contribution in [0, 0.1) is 0 Å². The molecule has 1 aromatic carbocycles. The Balaban J connectivity index is 1.67. The number of halogens is 1. The lowest BCUT2D eigenvalue weighted by atomic mass is 10.2. The smallest absolute Gasteiger partial charge is 0.319 e. The summed E-state index contributed by atoms with van der Waals surface area (Å²) in [5.74, 6) is 0.00251. The lowest BCUT2D eigenvalue weighted by molar-refractivity contribution is -0.138. The fourth-order valence-electron chi connectivity index (χ4n) is 2.45. The Hall–Kier alpha value is -2.28. The first-order chi connectivity index (χ1) is 11.5. The molecule has 2 rings (SSSR count). The van der Waals surface area contributed by atoms with Crippen LogP contribution in [-0.4, -0.2) is 60.4 Å². The molecule has 1 aromatic rings. The minimum atomic E-state index is -0.383. The normalized spacial score (nSPS) is 14.2. The molecule has 0 radical (unpaired) electrons. The van der Waals surface area contributed by atoms with Gasteiger partial charge in [0.25, 0.3) is 0 Å². The summed E-state index contributed by atoms with van der Waals surface area (Å²) in [4.78, 5) is 38.6. The Kier molecular flexibility index (Phi) is 6.43. The number of nitrogens with one attached hydrogen (secondary N) is 2. The standard InChI is InChI=1S/C16H21ClN4O3/c1-12(22)20-7-9-21(10-8-20)15(23)5-6-18-16(24)19-14-4-2-3-13(17)11-14/h2-4,11H,5-10H2,1H3,(H2,18,19,24). The summed E-state index contributed by atoms with van der Waals surface area (Å²) in [6.45, 7) is 3.96. The van der Waals surface area contributed by atoms with Crippen LogP contribution in [-0.2, 0) is 9.59 Å². The van der Waals surface area contributed by atoms with Crippen LogP contribution in [0.5, 0.6) is 0 Å². The lowest BCUT2D eigenvalue weighted by Gasteiger charge is -2.34. The number of carbonyl (C=O) groups excluding carboxylic acids is 3. The van der Waals surface area contributed by atoms with Crippen LogP contribution in [0.25, 0.3) is 0 Å². The first-order valence-corrected chi connectivity index (χ1v) is 8.17. The third-order valence-corrected chi connectivity index (χ3v) is 4.02. The van der Waals surface area contributed by atoms with Gasteiger partial charge in [-0.15, -0.1) is 0 Å². The maximum Gasteiger partial charge on any atom is 0.319 e. The van der Waals surface area contributed by atoms with E-state index in [0.29, 0.717) is 36.9 Å². The highest BCUT2D eigenvalue weighted by Crippen LogP contribution is 2.14. The van der Waals surface area contributed by atoms with E-state index in [0.717, 1.165) is 0 Å². The molecule has 130 valence electrons. The molecular formula is C16H21ClN4O3. The number of benzene rings is 1. The first-order valence-electron chi connectivity index (χ1n) is 7.79. The molecule has 1 aliphatic rings. The Labute approximate surface area is 145 Å². The van der Waals surface area contributed by atoms with Crippen LogP contribution in [0.2, 0.25) is 5.02 Å². The quantitative estimate of drug-likeness (QED) is 0.862. The van der Waals surface area contributed by atoms with Gasteiger partial charge in [-0.05, 0) is 18.2 Å². The van der Waals surface area contributed by atoms with Crippen molar-refractivity contribution < 1.29 is 14.4 Å². The Morgan fingerprint density at radius 2 is 1.79 bits per heavy atom. The van der Waals surface area contributed by atoms with Crippen LogP contribution >= 0.6 is 11.6 Å². The molecule has 1 aliphatic heterocycles. The SMILES string of the molecule is CC(=O)N1CCN(C(=O)CCNC(=O)Nc2cccc(Cl)c2)CC1. The van der Waals surface area contributed by atoms with Gasteiger partial charge in [-0.3, -0.25) is 9.59 Å². The van der Waals surface area contributed by atoms with E-state index in [1.165, 1.54) is 6.92 Å². The van der Waals surface area contributed by atoms with Gasteiger partial charge in [0.1, 0.15) is 0 Å². The monoisotopic (exact) mass is 352 g/mol. The number of urea groups is 1. The van der Waals surface area contributed by atoms with Crippen LogP contribution in [0.3, 0.4) is 0 Å². The molecule has 1 fully saturated rings. The van der Waals surface area contributed by atoms with Crippen molar-refractivity contribution in [2.75, 3.05) is 38.0 Å². The van der Waals surface area contributed by atoms with Crippen molar-refractivity contribution in [2.24, 2.45) is 0 Å². The van der Waals surface area contributed by atoms with Crippen molar-refractivity contribution in [3.8, 4) is 0 Å². The molecule has 1 heterocycles. The summed E-state index contributed by atoms with van der Waals surface area (Å²) < 4.78 is 0.